The largest absolute Gasteiger partial charge is 0.366 e. The first kappa shape index (κ1) is 13.2. The molecule has 0 N–H and O–H groups in total. The molecule has 0 aliphatic carbocycles. The van der Waals surface area contributed by atoms with Gasteiger partial charge in [-0.15, -0.1) is 0 Å². The highest BCUT2D eigenvalue weighted by atomic mass is 16.2. The molecule has 92 valence electrons. The predicted octanol–water partition coefficient (Wildman–Crippen LogP) is 1.15. The number of carbonyl (C=O) groups excluding carboxylic acids is 1. The summed E-state index contributed by atoms with van der Waals surface area (Å²) in [6.45, 7) is 0. The Morgan fingerprint density at radius 1 is 1.24 bits per heavy atom. The van der Waals surface area contributed by atoms with Crippen LogP contribution in [0.3, 0.4) is 0 Å². The molecule has 0 aromatic carbocycles. The maximum absolute atomic E-state index is 11.6. The van der Waals surface area contributed by atoms with Crippen molar-refractivity contribution in [2.75, 3.05) is 28.2 Å². The van der Waals surface area contributed by atoms with E-state index >= 15 is 0 Å². The minimum absolute atomic E-state index is 0.0216. The molecular formula is C12H18N4O. The van der Waals surface area contributed by atoms with Crippen LogP contribution in [0.25, 0.3) is 0 Å². The van der Waals surface area contributed by atoms with Crippen LogP contribution in [0.5, 0.6) is 0 Å². The van der Waals surface area contributed by atoms with Crippen molar-refractivity contribution in [2.24, 2.45) is 4.99 Å². The number of amides is 1. The molecule has 5 nitrogen and oxygen atoms in total. The lowest BCUT2D eigenvalue weighted by atomic mass is 10.3. The normalized spacial score (nSPS) is 11.2. The average molecular weight is 234 g/mol. The zero-order valence-electron chi connectivity index (χ0n) is 10.7. The van der Waals surface area contributed by atoms with Crippen LogP contribution in [0.4, 0.5) is 5.82 Å². The quantitative estimate of drug-likeness (QED) is 0.582. The Kier molecular flexibility index (Phi) is 4.63. The fourth-order valence-electron chi connectivity index (χ4n) is 1.14. The third-order valence-electron chi connectivity index (χ3n) is 2.22. The molecule has 0 aliphatic heterocycles. The van der Waals surface area contributed by atoms with Crippen molar-refractivity contribution in [3.05, 3.63) is 24.4 Å². The van der Waals surface area contributed by atoms with E-state index in [1.54, 1.807) is 25.2 Å². The van der Waals surface area contributed by atoms with Gasteiger partial charge >= 0.3 is 0 Å². The van der Waals surface area contributed by atoms with Crippen LogP contribution in [-0.4, -0.2) is 54.7 Å². The Bertz CT molecular complexity index is 398. The molecule has 0 bridgehead atoms. The van der Waals surface area contributed by atoms with Gasteiger partial charge in [-0.3, -0.25) is 4.79 Å². The van der Waals surface area contributed by atoms with Crippen LogP contribution < -0.4 is 0 Å². The standard InChI is InChI=1S/C12H18N4O/c1-15(2)11(9-12(17)16(3)4)14-10-7-5-6-8-13-10/h5-8H,9H2,1-4H3/b14-11+. The number of hydrogen-bond acceptors (Lipinski definition) is 3. The maximum Gasteiger partial charge on any atom is 0.229 e. The second-order valence-electron chi connectivity index (χ2n) is 4.08. The first-order chi connectivity index (χ1) is 8.00. The van der Waals surface area contributed by atoms with E-state index in [2.05, 4.69) is 9.98 Å². The van der Waals surface area contributed by atoms with E-state index < -0.39 is 0 Å². The summed E-state index contributed by atoms with van der Waals surface area (Å²) in [6, 6.07) is 5.51. The van der Waals surface area contributed by atoms with Gasteiger partial charge in [-0.1, -0.05) is 6.07 Å². The topological polar surface area (TPSA) is 48.8 Å². The molecule has 5 heteroatoms. The van der Waals surface area contributed by atoms with E-state index in [0.717, 1.165) is 0 Å². The highest BCUT2D eigenvalue weighted by Crippen LogP contribution is 2.08. The lowest BCUT2D eigenvalue weighted by Gasteiger charge is -2.17. The van der Waals surface area contributed by atoms with Crippen molar-refractivity contribution in [1.29, 1.82) is 0 Å². The Morgan fingerprint density at radius 2 is 1.94 bits per heavy atom. The molecule has 0 radical (unpaired) electrons. The van der Waals surface area contributed by atoms with Crippen LogP contribution in [0.1, 0.15) is 6.42 Å². The van der Waals surface area contributed by atoms with E-state index in [1.165, 1.54) is 0 Å². The third-order valence-corrected chi connectivity index (χ3v) is 2.22. The van der Waals surface area contributed by atoms with Crippen molar-refractivity contribution in [1.82, 2.24) is 14.8 Å². The van der Waals surface area contributed by atoms with Crippen molar-refractivity contribution in [3.63, 3.8) is 0 Å². The molecule has 1 aromatic rings. The maximum atomic E-state index is 11.6. The first-order valence-corrected chi connectivity index (χ1v) is 5.36. The third kappa shape index (κ3) is 4.22. The number of rotatable bonds is 3. The minimum atomic E-state index is 0.0216. The van der Waals surface area contributed by atoms with Crippen LogP contribution in [0.2, 0.25) is 0 Å². The molecule has 1 aromatic heterocycles. The summed E-state index contributed by atoms with van der Waals surface area (Å²) < 4.78 is 0. The molecule has 0 aliphatic rings. The molecule has 0 fully saturated rings. The van der Waals surface area contributed by atoms with E-state index in [4.69, 9.17) is 0 Å². The summed E-state index contributed by atoms with van der Waals surface area (Å²) >= 11 is 0. The zero-order valence-corrected chi connectivity index (χ0v) is 10.7. The summed E-state index contributed by atoms with van der Waals surface area (Å²) in [5.41, 5.74) is 0. The molecule has 0 saturated carbocycles. The molecule has 1 rings (SSSR count). The highest BCUT2D eigenvalue weighted by molar-refractivity contribution is 6.00. The van der Waals surface area contributed by atoms with E-state index in [9.17, 15) is 4.79 Å². The first-order valence-electron chi connectivity index (χ1n) is 5.36. The fraction of sp³-hybridized carbons (Fsp3) is 0.417. The van der Waals surface area contributed by atoms with Crippen LogP contribution in [0, 0.1) is 0 Å². The van der Waals surface area contributed by atoms with Crippen LogP contribution in [-0.2, 0) is 4.79 Å². The van der Waals surface area contributed by atoms with Gasteiger partial charge in [0.15, 0.2) is 5.82 Å². The molecule has 0 spiro atoms. The molecule has 0 saturated heterocycles. The molecule has 0 unspecified atom stereocenters. The second kappa shape index (κ2) is 5.98. The van der Waals surface area contributed by atoms with Gasteiger partial charge in [0.1, 0.15) is 5.84 Å². The SMILES string of the molecule is CN(C)C(=O)C/C(=N\c1ccccn1)N(C)C. The van der Waals surface area contributed by atoms with Gasteiger partial charge in [-0.05, 0) is 12.1 Å². The van der Waals surface area contributed by atoms with Gasteiger partial charge in [0.25, 0.3) is 0 Å². The average Bonchev–Trinajstić information content (AvgIpc) is 2.29. The van der Waals surface area contributed by atoms with Crippen LogP contribution >= 0.6 is 0 Å². The van der Waals surface area contributed by atoms with Crippen molar-refractivity contribution < 1.29 is 4.79 Å². The Balaban J connectivity index is 2.87. The minimum Gasteiger partial charge on any atom is -0.366 e. The van der Waals surface area contributed by atoms with Gasteiger partial charge in [-0.25, -0.2) is 9.98 Å². The number of nitrogens with zero attached hydrogens (tertiary/aromatic N) is 4. The molecular weight excluding hydrogens is 216 g/mol. The van der Waals surface area contributed by atoms with Gasteiger partial charge in [0, 0.05) is 34.4 Å². The van der Waals surface area contributed by atoms with Crippen molar-refractivity contribution >= 4 is 17.6 Å². The molecule has 17 heavy (non-hydrogen) atoms. The zero-order chi connectivity index (χ0) is 12.8. The monoisotopic (exact) mass is 234 g/mol. The molecule has 1 heterocycles. The number of aromatic nitrogens is 1. The Morgan fingerprint density at radius 3 is 2.41 bits per heavy atom. The summed E-state index contributed by atoms with van der Waals surface area (Å²) in [6.07, 6.45) is 1.95. The fourth-order valence-corrected chi connectivity index (χ4v) is 1.14. The smallest absolute Gasteiger partial charge is 0.229 e. The van der Waals surface area contributed by atoms with Gasteiger partial charge in [0.2, 0.25) is 5.91 Å². The molecule has 0 atom stereocenters. The van der Waals surface area contributed by atoms with Crippen LogP contribution in [0.15, 0.2) is 29.4 Å². The van der Waals surface area contributed by atoms with Crippen molar-refractivity contribution in [2.45, 2.75) is 6.42 Å². The summed E-state index contributed by atoms with van der Waals surface area (Å²) in [5.74, 6) is 1.33. The summed E-state index contributed by atoms with van der Waals surface area (Å²) in [7, 11) is 7.20. The predicted molar refractivity (Wildman–Crippen MR) is 68.3 cm³/mol. The number of hydrogen-bond donors (Lipinski definition) is 0. The van der Waals surface area contributed by atoms with E-state index in [-0.39, 0.29) is 12.3 Å². The van der Waals surface area contributed by atoms with Crippen molar-refractivity contribution in [3.8, 4) is 0 Å². The lowest BCUT2D eigenvalue weighted by Crippen LogP contribution is -2.30. The van der Waals surface area contributed by atoms with E-state index in [1.807, 2.05) is 37.2 Å². The Labute approximate surface area is 102 Å². The number of carbonyl (C=O) groups is 1. The summed E-state index contributed by atoms with van der Waals surface area (Å²) in [4.78, 5) is 23.5. The second-order valence-corrected chi connectivity index (χ2v) is 4.08. The molecule has 1 amide bonds. The van der Waals surface area contributed by atoms with E-state index in [0.29, 0.717) is 11.7 Å². The highest BCUT2D eigenvalue weighted by Gasteiger charge is 2.11. The Hall–Kier alpha value is -1.91. The lowest BCUT2D eigenvalue weighted by molar-refractivity contribution is -0.127. The van der Waals surface area contributed by atoms with Gasteiger partial charge in [0.05, 0.1) is 6.42 Å². The number of pyridine rings is 1. The van der Waals surface area contributed by atoms with Gasteiger partial charge < -0.3 is 9.80 Å². The number of amidine groups is 1. The van der Waals surface area contributed by atoms with Gasteiger partial charge in [-0.2, -0.15) is 0 Å². The summed E-state index contributed by atoms with van der Waals surface area (Å²) in [5, 5.41) is 0. The number of aliphatic imine (C=N–C) groups is 1.